The number of nitrogens with one attached hydrogen (secondary N) is 2. The molecule has 0 aliphatic carbocycles. The van der Waals surface area contributed by atoms with Gasteiger partial charge in [0.2, 0.25) is 0 Å². The van der Waals surface area contributed by atoms with E-state index in [1.807, 2.05) is 0 Å². The van der Waals surface area contributed by atoms with Gasteiger partial charge in [0.15, 0.2) is 0 Å². The summed E-state index contributed by atoms with van der Waals surface area (Å²) in [6, 6.07) is 17.2. The second-order valence-electron chi connectivity index (χ2n) is 6.21. The van der Waals surface area contributed by atoms with Crippen LogP contribution in [0.25, 0.3) is 0 Å². The van der Waals surface area contributed by atoms with E-state index in [1.165, 1.54) is 30.5 Å². The lowest BCUT2D eigenvalue weighted by molar-refractivity contribution is -0.136. The molecule has 3 aromatic carbocycles. The first-order chi connectivity index (χ1) is 15.3. The normalized spacial score (nSPS) is 10.6. The molecule has 0 atom stereocenters. The molecule has 32 heavy (non-hydrogen) atoms. The molecule has 0 saturated carbocycles. The molecule has 0 unspecified atom stereocenters. The smallest absolute Gasteiger partial charge is 0.343 e. The number of carbonyl (C=O) groups excluding carboxylic acids is 3. The van der Waals surface area contributed by atoms with Crippen LogP contribution in [-0.2, 0) is 9.59 Å². The summed E-state index contributed by atoms with van der Waals surface area (Å²) in [5, 5.41) is 7.13. The highest BCUT2D eigenvalue weighted by molar-refractivity contribution is 6.42. The number of para-hydroxylation sites is 1. The topological polar surface area (TPSA) is 96.9 Å². The van der Waals surface area contributed by atoms with Crippen LogP contribution in [0, 0.1) is 0 Å². The predicted octanol–water partition coefficient (Wildman–Crippen LogP) is 4.95. The van der Waals surface area contributed by atoms with Gasteiger partial charge in [0.1, 0.15) is 5.75 Å². The second kappa shape index (κ2) is 10.8. The highest BCUT2D eigenvalue weighted by Gasteiger charge is 2.15. The van der Waals surface area contributed by atoms with E-state index < -0.39 is 17.8 Å². The third-order valence-corrected chi connectivity index (χ3v) is 4.77. The summed E-state index contributed by atoms with van der Waals surface area (Å²) < 4.78 is 5.39. The molecular formula is C22H14Cl3N3O4. The fourth-order valence-corrected chi connectivity index (χ4v) is 2.87. The van der Waals surface area contributed by atoms with Gasteiger partial charge >= 0.3 is 17.8 Å². The fourth-order valence-electron chi connectivity index (χ4n) is 2.41. The number of esters is 1. The van der Waals surface area contributed by atoms with Crippen LogP contribution in [0.3, 0.4) is 0 Å². The number of ether oxygens (including phenoxy) is 1. The third kappa shape index (κ3) is 6.31. The Hall–Kier alpha value is -3.39. The lowest BCUT2D eigenvalue weighted by atomic mass is 10.2. The van der Waals surface area contributed by atoms with Gasteiger partial charge < -0.3 is 10.1 Å². The Balaban J connectivity index is 1.63. The van der Waals surface area contributed by atoms with Crippen molar-refractivity contribution in [3.8, 4) is 5.75 Å². The second-order valence-corrected chi connectivity index (χ2v) is 7.49. The maximum atomic E-state index is 12.3. The number of benzene rings is 3. The van der Waals surface area contributed by atoms with Crippen LogP contribution >= 0.6 is 34.8 Å². The van der Waals surface area contributed by atoms with E-state index >= 15 is 0 Å². The summed E-state index contributed by atoms with van der Waals surface area (Å²) in [4.78, 5) is 36.4. The zero-order chi connectivity index (χ0) is 23.1. The Morgan fingerprint density at radius 3 is 2.28 bits per heavy atom. The van der Waals surface area contributed by atoms with Crippen molar-refractivity contribution in [1.82, 2.24) is 5.43 Å². The van der Waals surface area contributed by atoms with Crippen molar-refractivity contribution in [2.24, 2.45) is 5.10 Å². The van der Waals surface area contributed by atoms with Gasteiger partial charge in [-0.15, -0.1) is 0 Å². The average Bonchev–Trinajstić information content (AvgIpc) is 2.77. The molecule has 0 aliphatic heterocycles. The number of carbonyl (C=O) groups is 3. The van der Waals surface area contributed by atoms with Crippen LogP contribution in [0.1, 0.15) is 15.9 Å². The molecule has 0 aliphatic rings. The quantitative estimate of drug-likeness (QED) is 0.174. The van der Waals surface area contributed by atoms with Crippen molar-refractivity contribution in [1.29, 1.82) is 0 Å². The average molecular weight is 491 g/mol. The van der Waals surface area contributed by atoms with Crippen LogP contribution in [-0.4, -0.2) is 24.0 Å². The van der Waals surface area contributed by atoms with Crippen molar-refractivity contribution in [3.63, 3.8) is 0 Å². The zero-order valence-electron chi connectivity index (χ0n) is 16.1. The molecule has 0 heterocycles. The van der Waals surface area contributed by atoms with Crippen LogP contribution in [0.2, 0.25) is 15.1 Å². The predicted molar refractivity (Wildman–Crippen MR) is 124 cm³/mol. The molecule has 0 fully saturated rings. The molecule has 10 heteroatoms. The number of hydrogen-bond acceptors (Lipinski definition) is 5. The summed E-state index contributed by atoms with van der Waals surface area (Å²) in [5.41, 5.74) is 2.98. The third-order valence-electron chi connectivity index (χ3n) is 3.95. The molecule has 0 aromatic heterocycles. The zero-order valence-corrected chi connectivity index (χ0v) is 18.4. The van der Waals surface area contributed by atoms with E-state index in [0.717, 1.165) is 0 Å². The lowest BCUT2D eigenvalue weighted by Crippen LogP contribution is -2.32. The minimum atomic E-state index is -1.03. The number of amides is 2. The molecule has 2 amide bonds. The number of hydrazone groups is 1. The van der Waals surface area contributed by atoms with Crippen LogP contribution in [0.4, 0.5) is 5.69 Å². The van der Waals surface area contributed by atoms with Gasteiger partial charge in [0, 0.05) is 15.6 Å². The molecule has 0 radical (unpaired) electrons. The summed E-state index contributed by atoms with van der Waals surface area (Å²) in [7, 11) is 0. The Labute approximate surface area is 197 Å². The Kier molecular flexibility index (Phi) is 7.83. The van der Waals surface area contributed by atoms with Crippen LogP contribution < -0.4 is 15.5 Å². The molecular weight excluding hydrogens is 477 g/mol. The Morgan fingerprint density at radius 2 is 1.53 bits per heavy atom. The molecule has 7 nitrogen and oxygen atoms in total. The van der Waals surface area contributed by atoms with E-state index in [0.29, 0.717) is 21.2 Å². The minimum absolute atomic E-state index is 0.183. The molecule has 3 rings (SSSR count). The summed E-state index contributed by atoms with van der Waals surface area (Å²) >= 11 is 17.6. The molecule has 0 bridgehead atoms. The van der Waals surface area contributed by atoms with Crippen LogP contribution in [0.15, 0.2) is 71.8 Å². The first kappa shape index (κ1) is 23.3. The van der Waals surface area contributed by atoms with E-state index in [1.54, 1.807) is 42.5 Å². The minimum Gasteiger partial charge on any atom is -0.422 e. The molecule has 162 valence electrons. The van der Waals surface area contributed by atoms with Gasteiger partial charge in [0.25, 0.3) is 0 Å². The van der Waals surface area contributed by atoms with E-state index in [9.17, 15) is 14.4 Å². The van der Waals surface area contributed by atoms with E-state index in [4.69, 9.17) is 39.5 Å². The Morgan fingerprint density at radius 1 is 0.844 bits per heavy atom. The standard InChI is InChI=1S/C22H14Cl3N3O4/c23-15-7-5-13(6-8-15)22(31)32-19-4-2-1-3-14(19)12-26-28-21(30)20(29)27-18-11-16(24)9-10-17(18)25/h1-12H,(H,27,29)(H,28,30). The maximum absolute atomic E-state index is 12.3. The summed E-state index contributed by atoms with van der Waals surface area (Å²) in [6.07, 6.45) is 1.24. The molecule has 2 N–H and O–H groups in total. The van der Waals surface area contributed by atoms with Gasteiger partial charge in [-0.05, 0) is 54.6 Å². The Bertz CT molecular complexity index is 1200. The number of rotatable bonds is 5. The van der Waals surface area contributed by atoms with E-state index in [-0.39, 0.29) is 16.5 Å². The highest BCUT2D eigenvalue weighted by atomic mass is 35.5. The number of halogens is 3. The maximum Gasteiger partial charge on any atom is 0.343 e. The van der Waals surface area contributed by atoms with Crippen molar-refractivity contribution in [3.05, 3.63) is 92.9 Å². The fraction of sp³-hybridized carbons (Fsp3) is 0. The molecule has 0 spiro atoms. The molecule has 3 aromatic rings. The van der Waals surface area contributed by atoms with Gasteiger partial charge in [-0.3, -0.25) is 9.59 Å². The lowest BCUT2D eigenvalue weighted by Gasteiger charge is -2.08. The van der Waals surface area contributed by atoms with Crippen LogP contribution in [0.5, 0.6) is 5.75 Å². The first-order valence-electron chi connectivity index (χ1n) is 8.99. The number of anilines is 1. The van der Waals surface area contributed by atoms with Crippen molar-refractivity contribution >= 4 is 64.5 Å². The van der Waals surface area contributed by atoms with Gasteiger partial charge in [-0.2, -0.15) is 5.10 Å². The number of nitrogens with zero attached hydrogens (tertiary/aromatic N) is 1. The van der Waals surface area contributed by atoms with Gasteiger partial charge in [-0.25, -0.2) is 10.2 Å². The monoisotopic (exact) mass is 489 g/mol. The largest absolute Gasteiger partial charge is 0.422 e. The van der Waals surface area contributed by atoms with Crippen molar-refractivity contribution in [2.45, 2.75) is 0 Å². The first-order valence-corrected chi connectivity index (χ1v) is 10.1. The summed E-state index contributed by atoms with van der Waals surface area (Å²) in [5.74, 6) is -2.41. The summed E-state index contributed by atoms with van der Waals surface area (Å²) in [6.45, 7) is 0. The van der Waals surface area contributed by atoms with Gasteiger partial charge in [-0.1, -0.05) is 46.9 Å². The number of hydrogen-bond donors (Lipinski definition) is 2. The van der Waals surface area contributed by atoms with E-state index in [2.05, 4.69) is 15.8 Å². The van der Waals surface area contributed by atoms with Crippen molar-refractivity contribution < 1.29 is 19.1 Å². The molecule has 0 saturated heterocycles. The highest BCUT2D eigenvalue weighted by Crippen LogP contribution is 2.25. The SMILES string of the molecule is O=C(NN=Cc1ccccc1OC(=O)c1ccc(Cl)cc1)C(=O)Nc1cc(Cl)ccc1Cl. The van der Waals surface area contributed by atoms with Gasteiger partial charge in [0.05, 0.1) is 22.5 Å². The van der Waals surface area contributed by atoms with Crippen molar-refractivity contribution in [2.75, 3.05) is 5.32 Å².